The third kappa shape index (κ3) is 3.54. The first-order valence-corrected chi connectivity index (χ1v) is 9.08. The van der Waals surface area contributed by atoms with Crippen LogP contribution in [-0.2, 0) is 11.3 Å². The number of carboxylic acid groups (broad SMARTS) is 1. The van der Waals surface area contributed by atoms with Crippen LogP contribution in [0.1, 0.15) is 5.56 Å². The number of hydrogen-bond donors (Lipinski definition) is 0. The highest BCUT2D eigenvalue weighted by atomic mass is 79.9. The Labute approximate surface area is 159 Å². The summed E-state index contributed by atoms with van der Waals surface area (Å²) in [6.45, 7) is 1.86. The molecule has 0 atom stereocenters. The largest absolute Gasteiger partial charge is 0.550 e. The molecule has 1 fully saturated rings. The van der Waals surface area contributed by atoms with Crippen LogP contribution in [0.5, 0.6) is 0 Å². The van der Waals surface area contributed by atoms with Crippen molar-refractivity contribution in [3.05, 3.63) is 64.8 Å². The predicted octanol–water partition coefficient (Wildman–Crippen LogP) is 1.88. The van der Waals surface area contributed by atoms with Gasteiger partial charge in [-0.15, -0.1) is 5.10 Å². The summed E-state index contributed by atoms with van der Waals surface area (Å²) in [4.78, 5) is 12.8. The van der Waals surface area contributed by atoms with Crippen LogP contribution in [0.25, 0.3) is 16.9 Å². The van der Waals surface area contributed by atoms with Crippen LogP contribution >= 0.6 is 15.9 Å². The standard InChI is InChI=1S/C19H17BrN4O2/c20-16-5-3-14(4-6-16)18-12-24(22-21-18)17-7-1-13(2-8-17)9-23-10-15(11-23)19(25)26/h1-8,12,15H,9-11H2,(H,25,26)/p-1. The quantitative estimate of drug-likeness (QED) is 0.640. The zero-order chi connectivity index (χ0) is 18.1. The van der Waals surface area contributed by atoms with Gasteiger partial charge in [0, 0.05) is 41.6 Å². The van der Waals surface area contributed by atoms with Crippen molar-refractivity contribution < 1.29 is 9.90 Å². The summed E-state index contributed by atoms with van der Waals surface area (Å²) in [5.41, 5.74) is 3.89. The molecule has 0 aliphatic carbocycles. The number of likely N-dealkylation sites (tertiary alicyclic amines) is 1. The van der Waals surface area contributed by atoms with E-state index in [-0.39, 0.29) is 5.92 Å². The second-order valence-corrected chi connectivity index (χ2v) is 7.35. The van der Waals surface area contributed by atoms with E-state index in [0.717, 1.165) is 33.5 Å². The molecule has 1 aliphatic rings. The fourth-order valence-corrected chi connectivity index (χ4v) is 3.27. The van der Waals surface area contributed by atoms with Crippen molar-refractivity contribution in [2.75, 3.05) is 13.1 Å². The Hall–Kier alpha value is -2.51. The van der Waals surface area contributed by atoms with Crippen molar-refractivity contribution in [3.63, 3.8) is 0 Å². The van der Waals surface area contributed by atoms with Gasteiger partial charge in [-0.05, 0) is 29.8 Å². The summed E-state index contributed by atoms with van der Waals surface area (Å²) in [7, 11) is 0. The van der Waals surface area contributed by atoms with E-state index in [1.165, 1.54) is 0 Å². The normalized spacial score (nSPS) is 15.0. The molecular weight excluding hydrogens is 396 g/mol. The van der Waals surface area contributed by atoms with E-state index >= 15 is 0 Å². The molecule has 1 saturated heterocycles. The highest BCUT2D eigenvalue weighted by molar-refractivity contribution is 9.10. The van der Waals surface area contributed by atoms with Gasteiger partial charge in [0.15, 0.2) is 0 Å². The maximum absolute atomic E-state index is 10.7. The van der Waals surface area contributed by atoms with Gasteiger partial charge in [0.1, 0.15) is 5.69 Å². The Kier molecular flexibility index (Phi) is 4.57. The minimum Gasteiger partial charge on any atom is -0.550 e. The summed E-state index contributed by atoms with van der Waals surface area (Å²) >= 11 is 3.43. The summed E-state index contributed by atoms with van der Waals surface area (Å²) < 4.78 is 2.77. The highest BCUT2D eigenvalue weighted by Gasteiger charge is 2.27. The van der Waals surface area contributed by atoms with Crippen LogP contribution in [-0.4, -0.2) is 39.0 Å². The van der Waals surface area contributed by atoms with Crippen LogP contribution in [0.3, 0.4) is 0 Å². The van der Waals surface area contributed by atoms with E-state index in [0.29, 0.717) is 13.1 Å². The molecule has 0 radical (unpaired) electrons. The third-order valence-electron chi connectivity index (χ3n) is 4.53. The monoisotopic (exact) mass is 411 g/mol. The molecule has 0 unspecified atom stereocenters. The summed E-state index contributed by atoms with van der Waals surface area (Å²) in [6.07, 6.45) is 1.90. The SMILES string of the molecule is O=C([O-])C1CN(Cc2ccc(-n3cc(-c4ccc(Br)cc4)nn3)cc2)C1. The molecule has 132 valence electrons. The minimum absolute atomic E-state index is 0.332. The van der Waals surface area contributed by atoms with Gasteiger partial charge in [0.05, 0.1) is 11.9 Å². The Morgan fingerprint density at radius 2 is 1.81 bits per heavy atom. The molecule has 7 heteroatoms. The van der Waals surface area contributed by atoms with Crippen molar-refractivity contribution in [1.29, 1.82) is 0 Å². The van der Waals surface area contributed by atoms with Crippen molar-refractivity contribution in [1.82, 2.24) is 19.9 Å². The number of hydrogen-bond acceptors (Lipinski definition) is 5. The minimum atomic E-state index is -0.954. The maximum Gasteiger partial charge on any atom is 0.113 e. The molecule has 1 aromatic heterocycles. The lowest BCUT2D eigenvalue weighted by Crippen LogP contribution is -2.53. The molecule has 3 aromatic rings. The van der Waals surface area contributed by atoms with E-state index in [2.05, 4.69) is 31.1 Å². The molecule has 2 aromatic carbocycles. The fourth-order valence-electron chi connectivity index (χ4n) is 3.00. The highest BCUT2D eigenvalue weighted by Crippen LogP contribution is 2.21. The smallest absolute Gasteiger partial charge is 0.113 e. The van der Waals surface area contributed by atoms with Crippen LogP contribution in [0.15, 0.2) is 59.2 Å². The fraction of sp³-hybridized carbons (Fsp3) is 0.211. The van der Waals surface area contributed by atoms with E-state index in [1.807, 2.05) is 54.7 Å². The van der Waals surface area contributed by atoms with E-state index in [9.17, 15) is 9.90 Å². The first-order chi connectivity index (χ1) is 12.6. The van der Waals surface area contributed by atoms with Crippen molar-refractivity contribution >= 4 is 21.9 Å². The number of carboxylic acids is 1. The summed E-state index contributed by atoms with van der Waals surface area (Å²) in [5.74, 6) is -1.29. The lowest BCUT2D eigenvalue weighted by atomic mass is 9.99. The van der Waals surface area contributed by atoms with Gasteiger partial charge in [-0.1, -0.05) is 45.4 Å². The molecule has 4 rings (SSSR count). The van der Waals surface area contributed by atoms with Gasteiger partial charge in [-0.2, -0.15) is 0 Å². The van der Waals surface area contributed by atoms with Crippen LogP contribution in [0.2, 0.25) is 0 Å². The average Bonchev–Trinajstić information content (AvgIpc) is 3.08. The predicted molar refractivity (Wildman–Crippen MR) is 98.3 cm³/mol. The van der Waals surface area contributed by atoms with Crippen LogP contribution in [0, 0.1) is 5.92 Å². The van der Waals surface area contributed by atoms with Gasteiger partial charge in [0.2, 0.25) is 0 Å². The number of aromatic nitrogens is 3. The molecule has 1 aliphatic heterocycles. The molecule has 6 nitrogen and oxygen atoms in total. The van der Waals surface area contributed by atoms with E-state index in [1.54, 1.807) is 4.68 Å². The van der Waals surface area contributed by atoms with Crippen LogP contribution < -0.4 is 5.11 Å². The van der Waals surface area contributed by atoms with E-state index < -0.39 is 5.97 Å². The number of halogens is 1. The lowest BCUT2D eigenvalue weighted by molar-refractivity contribution is -0.315. The molecule has 0 bridgehead atoms. The van der Waals surface area contributed by atoms with Gasteiger partial charge < -0.3 is 9.90 Å². The number of rotatable bonds is 5. The van der Waals surface area contributed by atoms with Gasteiger partial charge >= 0.3 is 0 Å². The zero-order valence-electron chi connectivity index (χ0n) is 13.9. The first kappa shape index (κ1) is 16.9. The summed E-state index contributed by atoms with van der Waals surface area (Å²) in [6, 6.07) is 16.0. The topological polar surface area (TPSA) is 74.1 Å². The average molecular weight is 412 g/mol. The van der Waals surface area contributed by atoms with Crippen molar-refractivity contribution in [2.45, 2.75) is 6.54 Å². The molecule has 0 saturated carbocycles. The van der Waals surface area contributed by atoms with Crippen molar-refractivity contribution in [2.24, 2.45) is 5.92 Å². The Bertz CT molecular complexity index is 915. The van der Waals surface area contributed by atoms with Gasteiger partial charge in [-0.3, -0.25) is 4.90 Å². The molecule has 0 spiro atoms. The third-order valence-corrected chi connectivity index (χ3v) is 5.06. The molecule has 0 N–H and O–H groups in total. The molecular formula is C19H16BrN4O2-. The molecule has 0 amide bonds. The second-order valence-electron chi connectivity index (χ2n) is 6.43. The number of nitrogens with zero attached hydrogens (tertiary/aromatic N) is 4. The Morgan fingerprint density at radius 1 is 1.12 bits per heavy atom. The maximum atomic E-state index is 10.7. The van der Waals surface area contributed by atoms with Gasteiger partial charge in [-0.25, -0.2) is 4.68 Å². The second kappa shape index (κ2) is 7.01. The Morgan fingerprint density at radius 3 is 2.46 bits per heavy atom. The van der Waals surface area contributed by atoms with Gasteiger partial charge in [0.25, 0.3) is 0 Å². The van der Waals surface area contributed by atoms with Crippen molar-refractivity contribution in [3.8, 4) is 16.9 Å². The number of carbonyl (C=O) groups excluding carboxylic acids is 1. The Balaban J connectivity index is 1.43. The number of aliphatic carboxylic acids is 1. The number of benzene rings is 2. The van der Waals surface area contributed by atoms with Crippen LogP contribution in [0.4, 0.5) is 0 Å². The lowest BCUT2D eigenvalue weighted by Gasteiger charge is -2.39. The molecule has 26 heavy (non-hydrogen) atoms. The first-order valence-electron chi connectivity index (χ1n) is 8.29. The molecule has 2 heterocycles. The summed E-state index contributed by atoms with van der Waals surface area (Å²) in [5, 5.41) is 19.2. The number of carbonyl (C=O) groups is 1. The zero-order valence-corrected chi connectivity index (χ0v) is 15.5. The van der Waals surface area contributed by atoms with E-state index in [4.69, 9.17) is 0 Å².